The van der Waals surface area contributed by atoms with E-state index >= 15 is 0 Å². The van der Waals surface area contributed by atoms with Gasteiger partial charge in [-0.05, 0) is 85.7 Å². The molecule has 2 N–H and O–H groups in total. The van der Waals surface area contributed by atoms with Crippen LogP contribution in [0.1, 0.15) is 55.2 Å². The van der Waals surface area contributed by atoms with Gasteiger partial charge in [0.15, 0.2) is 11.7 Å². The van der Waals surface area contributed by atoms with Gasteiger partial charge in [0.05, 0.1) is 11.7 Å². The number of nitrogens with one attached hydrogen (secondary N) is 2. The van der Waals surface area contributed by atoms with Gasteiger partial charge in [0.2, 0.25) is 0 Å². The van der Waals surface area contributed by atoms with E-state index in [1.54, 1.807) is 0 Å². The summed E-state index contributed by atoms with van der Waals surface area (Å²) in [5, 5.41) is 7.12. The first-order valence-electron chi connectivity index (χ1n) is 13.4. The third-order valence-corrected chi connectivity index (χ3v) is 7.79. The number of amides is 1. The standard InChI is InChI=1S/C31H31N5O2S/c37-28(21-38-25-11-2-1-3-12-25)33-22-15-17-24(18-16-22)36-30(27-14-8-20-35(27)23-9-4-5-10-23)29(34-31(36)39)26-13-6-7-19-32-26/h1-3,6-8,11-20,23,29-30H,4-5,9-10,21H2,(H,33,37)(H,34,39). The summed E-state index contributed by atoms with van der Waals surface area (Å²) in [4.78, 5) is 19.3. The molecule has 1 aliphatic heterocycles. The lowest BCUT2D eigenvalue weighted by Gasteiger charge is -2.30. The van der Waals surface area contributed by atoms with E-state index in [1.807, 2.05) is 72.9 Å². The van der Waals surface area contributed by atoms with Gasteiger partial charge >= 0.3 is 0 Å². The number of ether oxygens (including phenoxy) is 1. The number of carbonyl (C=O) groups is 1. The Morgan fingerprint density at radius 2 is 1.74 bits per heavy atom. The summed E-state index contributed by atoms with van der Waals surface area (Å²) < 4.78 is 8.01. The number of thiocarbonyl (C=S) groups is 1. The lowest BCUT2D eigenvalue weighted by Crippen LogP contribution is -2.30. The first kappa shape index (κ1) is 25.1. The minimum absolute atomic E-state index is 0.0577. The Kier molecular flexibility index (Phi) is 7.27. The fourth-order valence-electron chi connectivity index (χ4n) is 5.67. The SMILES string of the molecule is O=C(COc1ccccc1)Nc1ccc(N2C(=S)NC(c3ccccn3)C2c2cccn2C2CCCC2)cc1. The Morgan fingerprint density at radius 3 is 2.49 bits per heavy atom. The van der Waals surface area contributed by atoms with Crippen LogP contribution in [-0.4, -0.2) is 27.2 Å². The van der Waals surface area contributed by atoms with Crippen LogP contribution >= 0.6 is 12.2 Å². The molecular formula is C31H31N5O2S. The summed E-state index contributed by atoms with van der Waals surface area (Å²) in [5.41, 5.74) is 3.83. The molecule has 8 heteroatoms. The van der Waals surface area contributed by atoms with Crippen LogP contribution in [0.3, 0.4) is 0 Å². The number of anilines is 2. The highest BCUT2D eigenvalue weighted by Crippen LogP contribution is 2.43. The number of carbonyl (C=O) groups excluding carboxylic acids is 1. The van der Waals surface area contributed by atoms with Crippen molar-refractivity contribution in [3.63, 3.8) is 0 Å². The van der Waals surface area contributed by atoms with Crippen LogP contribution in [0.2, 0.25) is 0 Å². The highest BCUT2D eigenvalue weighted by molar-refractivity contribution is 7.80. The molecule has 2 atom stereocenters. The first-order chi connectivity index (χ1) is 19.2. The molecule has 39 heavy (non-hydrogen) atoms. The third-order valence-electron chi connectivity index (χ3n) is 7.47. The number of para-hydroxylation sites is 1. The summed E-state index contributed by atoms with van der Waals surface area (Å²) in [7, 11) is 0. The zero-order valence-electron chi connectivity index (χ0n) is 21.6. The molecule has 2 aromatic heterocycles. The fraction of sp³-hybridized carbons (Fsp3) is 0.258. The number of hydrogen-bond donors (Lipinski definition) is 2. The Labute approximate surface area is 233 Å². The lowest BCUT2D eigenvalue weighted by atomic mass is 10.00. The van der Waals surface area contributed by atoms with E-state index in [4.69, 9.17) is 17.0 Å². The number of pyridine rings is 1. The van der Waals surface area contributed by atoms with Crippen molar-refractivity contribution in [2.75, 3.05) is 16.8 Å². The number of nitrogens with zero attached hydrogens (tertiary/aromatic N) is 3. The molecule has 1 saturated carbocycles. The van der Waals surface area contributed by atoms with E-state index in [1.165, 1.54) is 31.4 Å². The molecule has 2 aromatic carbocycles. The maximum absolute atomic E-state index is 12.5. The third kappa shape index (κ3) is 5.38. The smallest absolute Gasteiger partial charge is 0.262 e. The minimum atomic E-state index is -0.215. The minimum Gasteiger partial charge on any atom is -0.484 e. The molecule has 1 aliphatic carbocycles. The van der Waals surface area contributed by atoms with Crippen molar-refractivity contribution < 1.29 is 9.53 Å². The van der Waals surface area contributed by atoms with Gasteiger partial charge in [-0.2, -0.15) is 0 Å². The first-order valence-corrected chi connectivity index (χ1v) is 13.8. The highest BCUT2D eigenvalue weighted by Gasteiger charge is 2.42. The Balaban J connectivity index is 1.25. The molecule has 2 unspecified atom stereocenters. The van der Waals surface area contributed by atoms with Gasteiger partial charge in [-0.25, -0.2) is 0 Å². The van der Waals surface area contributed by atoms with Crippen LogP contribution in [0, 0.1) is 0 Å². The number of rotatable bonds is 8. The van der Waals surface area contributed by atoms with Crippen molar-refractivity contribution in [1.82, 2.24) is 14.9 Å². The molecule has 198 valence electrons. The molecule has 7 nitrogen and oxygen atoms in total. The second-order valence-electron chi connectivity index (χ2n) is 9.97. The van der Waals surface area contributed by atoms with Crippen LogP contribution in [0.25, 0.3) is 0 Å². The van der Waals surface area contributed by atoms with E-state index in [2.05, 4.69) is 49.5 Å². The molecule has 0 bridgehead atoms. The van der Waals surface area contributed by atoms with Crippen LogP contribution in [-0.2, 0) is 4.79 Å². The maximum atomic E-state index is 12.5. The van der Waals surface area contributed by atoms with Gasteiger partial charge in [0, 0.05) is 35.5 Å². The van der Waals surface area contributed by atoms with Crippen LogP contribution < -0.4 is 20.3 Å². The highest BCUT2D eigenvalue weighted by atomic mass is 32.1. The normalized spacial score (nSPS) is 19.2. The zero-order chi connectivity index (χ0) is 26.6. The molecule has 3 heterocycles. The van der Waals surface area contributed by atoms with Gasteiger partial charge < -0.3 is 24.8 Å². The average Bonchev–Trinajstić information content (AvgIpc) is 3.73. The maximum Gasteiger partial charge on any atom is 0.262 e. The molecular weight excluding hydrogens is 506 g/mol. The molecule has 1 amide bonds. The van der Waals surface area contributed by atoms with E-state index in [-0.39, 0.29) is 24.6 Å². The van der Waals surface area contributed by atoms with Crippen molar-refractivity contribution in [2.24, 2.45) is 0 Å². The fourth-order valence-corrected chi connectivity index (χ4v) is 6.02. The Hall–Kier alpha value is -4.17. The Bertz CT molecular complexity index is 1420. The molecule has 6 rings (SSSR count). The quantitative estimate of drug-likeness (QED) is 0.261. The topological polar surface area (TPSA) is 71.4 Å². The molecule has 1 saturated heterocycles. The van der Waals surface area contributed by atoms with Crippen molar-refractivity contribution in [3.8, 4) is 5.75 Å². The molecule has 2 aliphatic rings. The van der Waals surface area contributed by atoms with Gasteiger partial charge in [0.1, 0.15) is 11.8 Å². The monoisotopic (exact) mass is 537 g/mol. The molecule has 0 radical (unpaired) electrons. The number of benzene rings is 2. The molecule has 0 spiro atoms. The summed E-state index contributed by atoms with van der Waals surface area (Å²) in [6, 6.07) is 27.8. The average molecular weight is 538 g/mol. The largest absolute Gasteiger partial charge is 0.484 e. The summed E-state index contributed by atoms with van der Waals surface area (Å²) >= 11 is 5.90. The lowest BCUT2D eigenvalue weighted by molar-refractivity contribution is -0.118. The molecule has 4 aromatic rings. The predicted octanol–water partition coefficient (Wildman–Crippen LogP) is 6.19. The van der Waals surface area contributed by atoms with Crippen LogP contribution in [0.15, 0.2) is 97.3 Å². The summed E-state index contributed by atoms with van der Waals surface area (Å²) in [6.45, 7) is -0.0577. The van der Waals surface area contributed by atoms with E-state index < -0.39 is 0 Å². The zero-order valence-corrected chi connectivity index (χ0v) is 22.4. The van der Waals surface area contributed by atoms with Crippen LogP contribution in [0.4, 0.5) is 11.4 Å². The predicted molar refractivity (Wildman–Crippen MR) is 157 cm³/mol. The van der Waals surface area contributed by atoms with Gasteiger partial charge in [0.25, 0.3) is 5.91 Å². The van der Waals surface area contributed by atoms with Crippen molar-refractivity contribution >= 4 is 34.6 Å². The van der Waals surface area contributed by atoms with Crippen molar-refractivity contribution in [1.29, 1.82) is 0 Å². The number of hydrogen-bond acceptors (Lipinski definition) is 4. The molecule has 2 fully saturated rings. The van der Waals surface area contributed by atoms with E-state index in [9.17, 15) is 4.79 Å². The van der Waals surface area contributed by atoms with Gasteiger partial charge in [-0.3, -0.25) is 9.78 Å². The second kappa shape index (κ2) is 11.3. The second-order valence-corrected chi connectivity index (χ2v) is 10.4. The van der Waals surface area contributed by atoms with Gasteiger partial charge in [-0.15, -0.1) is 0 Å². The number of aromatic nitrogens is 2. The Morgan fingerprint density at radius 1 is 0.974 bits per heavy atom. The van der Waals surface area contributed by atoms with Crippen molar-refractivity contribution in [3.05, 3.63) is 109 Å². The van der Waals surface area contributed by atoms with Gasteiger partial charge in [-0.1, -0.05) is 37.1 Å². The van der Waals surface area contributed by atoms with E-state index in [0.29, 0.717) is 22.6 Å². The van der Waals surface area contributed by atoms with E-state index in [0.717, 1.165) is 11.4 Å². The summed E-state index contributed by atoms with van der Waals surface area (Å²) in [6.07, 6.45) is 8.96. The van der Waals surface area contributed by atoms with Crippen molar-refractivity contribution in [2.45, 2.75) is 43.8 Å². The summed E-state index contributed by atoms with van der Waals surface area (Å²) in [5.74, 6) is 0.446. The van der Waals surface area contributed by atoms with Crippen LogP contribution in [0.5, 0.6) is 5.75 Å².